The Hall–Kier alpha value is -1.01. The third-order valence-electron chi connectivity index (χ3n) is 2.21. The Balaban J connectivity index is 0.00000324. The van der Waals surface area contributed by atoms with Crippen LogP contribution in [0.1, 0.15) is 0 Å². The molecule has 8 heteroatoms. The fourth-order valence-electron chi connectivity index (χ4n) is 1.26. The van der Waals surface area contributed by atoms with E-state index in [1.54, 1.807) is 18.2 Å². The number of para-hydroxylation sites is 1. The lowest BCUT2D eigenvalue weighted by Crippen LogP contribution is -2.38. The van der Waals surface area contributed by atoms with Gasteiger partial charge in [0.1, 0.15) is 0 Å². The van der Waals surface area contributed by atoms with E-state index >= 15 is 0 Å². The molecule has 0 aliphatic heterocycles. The molecule has 2 amide bonds. The molecule has 0 fully saturated rings. The highest BCUT2D eigenvalue weighted by Gasteiger charge is 2.13. The third kappa shape index (κ3) is 5.24. The van der Waals surface area contributed by atoms with E-state index in [1.165, 1.54) is 11.9 Å². The van der Waals surface area contributed by atoms with Crippen molar-refractivity contribution in [3.63, 3.8) is 0 Å². The molecular formula is C11H14Cl3N3O2. The van der Waals surface area contributed by atoms with Gasteiger partial charge in [-0.15, -0.1) is 12.4 Å². The van der Waals surface area contributed by atoms with Crippen LogP contribution in [0.2, 0.25) is 10.0 Å². The number of anilines is 1. The number of hydrogen-bond acceptors (Lipinski definition) is 3. The second kappa shape index (κ2) is 8.22. The summed E-state index contributed by atoms with van der Waals surface area (Å²) in [6, 6.07) is 4.89. The van der Waals surface area contributed by atoms with Crippen LogP contribution in [0, 0.1) is 0 Å². The Morgan fingerprint density at radius 1 is 1.32 bits per heavy atom. The largest absolute Gasteiger partial charge is 0.335 e. The molecule has 1 rings (SSSR count). The minimum atomic E-state index is -0.394. The highest BCUT2D eigenvalue weighted by atomic mass is 35.5. The van der Waals surface area contributed by atoms with Gasteiger partial charge < -0.3 is 16.0 Å². The zero-order chi connectivity index (χ0) is 13.7. The van der Waals surface area contributed by atoms with Gasteiger partial charge in [0.25, 0.3) is 0 Å². The molecule has 106 valence electrons. The first-order valence-electron chi connectivity index (χ1n) is 5.13. The van der Waals surface area contributed by atoms with E-state index in [4.69, 9.17) is 28.9 Å². The topological polar surface area (TPSA) is 75.4 Å². The zero-order valence-corrected chi connectivity index (χ0v) is 12.5. The summed E-state index contributed by atoms with van der Waals surface area (Å²) in [6.07, 6.45) is 0. The first-order chi connectivity index (χ1) is 8.45. The van der Waals surface area contributed by atoms with Crippen molar-refractivity contribution in [2.24, 2.45) is 5.73 Å². The van der Waals surface area contributed by atoms with Gasteiger partial charge in [0.15, 0.2) is 0 Å². The molecular weight excluding hydrogens is 312 g/mol. The molecule has 0 bridgehead atoms. The monoisotopic (exact) mass is 325 g/mol. The number of nitrogens with two attached hydrogens (primary N) is 1. The lowest BCUT2D eigenvalue weighted by molar-refractivity contribution is -0.132. The molecule has 0 radical (unpaired) electrons. The Bertz CT molecular complexity index is 448. The first-order valence-corrected chi connectivity index (χ1v) is 5.89. The van der Waals surface area contributed by atoms with Gasteiger partial charge in [0.2, 0.25) is 11.8 Å². The summed E-state index contributed by atoms with van der Waals surface area (Å²) in [5, 5.41) is 3.22. The van der Waals surface area contributed by atoms with Crippen molar-refractivity contribution < 1.29 is 9.59 Å². The number of benzene rings is 1. The van der Waals surface area contributed by atoms with Crippen LogP contribution >= 0.6 is 35.6 Å². The SMILES string of the molecule is CN(CC(=O)Nc1c(Cl)cccc1Cl)C(=O)CN.Cl. The van der Waals surface area contributed by atoms with Crippen LogP contribution in [0.15, 0.2) is 18.2 Å². The molecule has 1 aromatic rings. The minimum Gasteiger partial charge on any atom is -0.335 e. The Labute approximate surface area is 127 Å². The summed E-state index contributed by atoms with van der Waals surface area (Å²) in [6.45, 7) is -0.256. The highest BCUT2D eigenvalue weighted by Crippen LogP contribution is 2.29. The average Bonchev–Trinajstić information content (AvgIpc) is 2.32. The van der Waals surface area contributed by atoms with Gasteiger partial charge in [-0.05, 0) is 12.1 Å². The Morgan fingerprint density at radius 3 is 2.32 bits per heavy atom. The number of likely N-dealkylation sites (N-methyl/N-ethyl adjacent to an activating group) is 1. The van der Waals surface area contributed by atoms with E-state index < -0.39 is 5.91 Å². The minimum absolute atomic E-state index is 0. The average molecular weight is 327 g/mol. The van der Waals surface area contributed by atoms with Crippen LogP contribution in [-0.2, 0) is 9.59 Å². The van der Waals surface area contributed by atoms with Crippen LogP contribution in [0.3, 0.4) is 0 Å². The molecule has 0 saturated heterocycles. The van der Waals surface area contributed by atoms with Crippen LogP contribution in [0.4, 0.5) is 5.69 Å². The normalized spacial score (nSPS) is 9.47. The van der Waals surface area contributed by atoms with Crippen molar-refractivity contribution in [1.29, 1.82) is 0 Å². The van der Waals surface area contributed by atoms with Crippen molar-refractivity contribution in [3.8, 4) is 0 Å². The number of nitrogens with zero attached hydrogens (tertiary/aromatic N) is 1. The maximum absolute atomic E-state index is 11.7. The summed E-state index contributed by atoms with van der Waals surface area (Å²) in [5.74, 6) is -0.718. The molecule has 19 heavy (non-hydrogen) atoms. The molecule has 0 atom stereocenters. The Morgan fingerprint density at radius 2 is 1.84 bits per heavy atom. The fraction of sp³-hybridized carbons (Fsp3) is 0.273. The van der Waals surface area contributed by atoms with E-state index in [-0.39, 0.29) is 31.4 Å². The highest BCUT2D eigenvalue weighted by molar-refractivity contribution is 6.39. The smallest absolute Gasteiger partial charge is 0.244 e. The molecule has 0 saturated carbocycles. The maximum atomic E-state index is 11.7. The quantitative estimate of drug-likeness (QED) is 0.885. The third-order valence-corrected chi connectivity index (χ3v) is 2.84. The van der Waals surface area contributed by atoms with E-state index in [0.717, 1.165) is 0 Å². The molecule has 0 aliphatic carbocycles. The second-order valence-electron chi connectivity index (χ2n) is 3.60. The molecule has 0 aliphatic rings. The number of amides is 2. The van der Waals surface area contributed by atoms with Gasteiger partial charge in [0.05, 0.1) is 28.8 Å². The second-order valence-corrected chi connectivity index (χ2v) is 4.41. The van der Waals surface area contributed by atoms with Crippen molar-refractivity contribution in [1.82, 2.24) is 4.90 Å². The van der Waals surface area contributed by atoms with Crippen molar-refractivity contribution >= 4 is 53.1 Å². The number of halogens is 3. The molecule has 0 aromatic heterocycles. The summed E-state index contributed by atoms with van der Waals surface area (Å²) < 4.78 is 0. The van der Waals surface area contributed by atoms with Crippen LogP contribution < -0.4 is 11.1 Å². The van der Waals surface area contributed by atoms with E-state index in [0.29, 0.717) is 15.7 Å². The predicted molar refractivity (Wildman–Crippen MR) is 79.0 cm³/mol. The van der Waals surface area contributed by atoms with Gasteiger partial charge in [-0.2, -0.15) is 0 Å². The van der Waals surface area contributed by atoms with Crippen LogP contribution in [0.25, 0.3) is 0 Å². The van der Waals surface area contributed by atoms with Gasteiger partial charge in [-0.1, -0.05) is 29.3 Å². The number of rotatable bonds is 4. The fourth-order valence-corrected chi connectivity index (χ4v) is 1.75. The standard InChI is InChI=1S/C11H13Cl2N3O2.ClH/c1-16(10(18)5-14)6-9(17)15-11-7(12)3-2-4-8(11)13;/h2-4H,5-6,14H2,1H3,(H,15,17);1H. The molecule has 5 nitrogen and oxygen atoms in total. The lowest BCUT2D eigenvalue weighted by atomic mass is 10.3. The van der Waals surface area contributed by atoms with Crippen molar-refractivity contribution in [2.75, 3.05) is 25.5 Å². The van der Waals surface area contributed by atoms with Crippen molar-refractivity contribution in [3.05, 3.63) is 28.2 Å². The Kier molecular flexibility index (Phi) is 7.78. The van der Waals surface area contributed by atoms with Crippen LogP contribution in [-0.4, -0.2) is 36.9 Å². The van der Waals surface area contributed by atoms with E-state index in [1.807, 2.05) is 0 Å². The number of carbonyl (C=O) groups excluding carboxylic acids is 2. The molecule has 1 aromatic carbocycles. The van der Waals surface area contributed by atoms with Crippen molar-refractivity contribution in [2.45, 2.75) is 0 Å². The maximum Gasteiger partial charge on any atom is 0.244 e. The summed E-state index contributed by atoms with van der Waals surface area (Å²) in [7, 11) is 1.49. The molecule has 3 N–H and O–H groups in total. The molecule has 0 spiro atoms. The van der Waals surface area contributed by atoms with Gasteiger partial charge >= 0.3 is 0 Å². The van der Waals surface area contributed by atoms with Gasteiger partial charge in [-0.3, -0.25) is 9.59 Å². The molecule has 0 heterocycles. The van der Waals surface area contributed by atoms with Crippen LogP contribution in [0.5, 0.6) is 0 Å². The lowest BCUT2D eigenvalue weighted by Gasteiger charge is -2.16. The summed E-state index contributed by atoms with van der Waals surface area (Å²) in [4.78, 5) is 24.1. The number of hydrogen-bond donors (Lipinski definition) is 2. The van der Waals surface area contributed by atoms with Gasteiger partial charge in [0, 0.05) is 7.05 Å². The number of carbonyl (C=O) groups is 2. The first kappa shape index (κ1) is 18.0. The molecule has 0 unspecified atom stereocenters. The van der Waals surface area contributed by atoms with E-state index in [2.05, 4.69) is 5.32 Å². The predicted octanol–water partition coefficient (Wildman–Crippen LogP) is 1.77. The number of nitrogens with one attached hydrogen (secondary N) is 1. The van der Waals surface area contributed by atoms with Gasteiger partial charge in [-0.25, -0.2) is 0 Å². The summed E-state index contributed by atoms with van der Waals surface area (Å²) >= 11 is 11.8. The zero-order valence-electron chi connectivity index (χ0n) is 10.2. The summed E-state index contributed by atoms with van der Waals surface area (Å²) in [5.41, 5.74) is 5.52. The van der Waals surface area contributed by atoms with E-state index in [9.17, 15) is 9.59 Å².